The molecule has 0 unspecified atom stereocenters. The number of benzene rings is 1. The van der Waals surface area contributed by atoms with Crippen molar-refractivity contribution in [3.63, 3.8) is 0 Å². The number of rotatable bonds is 4. The van der Waals surface area contributed by atoms with E-state index in [0.29, 0.717) is 6.42 Å². The van der Waals surface area contributed by atoms with Crippen LogP contribution in [0.25, 0.3) is 0 Å². The van der Waals surface area contributed by atoms with E-state index in [2.05, 4.69) is 34.0 Å². The summed E-state index contributed by atoms with van der Waals surface area (Å²) in [5, 5.41) is 3.41. The number of anilines is 2. The van der Waals surface area contributed by atoms with E-state index in [9.17, 15) is 4.79 Å². The SMILES string of the molecule is CCC(=O)N1CCc2ccc(NCc3cc(C)ns3)cc21. The number of fused-ring (bicyclic) bond motifs is 1. The molecule has 5 heteroatoms. The number of amides is 1. The monoisotopic (exact) mass is 301 g/mol. The van der Waals surface area contributed by atoms with Crippen LogP contribution in [0.15, 0.2) is 24.3 Å². The second kappa shape index (κ2) is 5.85. The Morgan fingerprint density at radius 2 is 2.29 bits per heavy atom. The highest BCUT2D eigenvalue weighted by molar-refractivity contribution is 7.05. The molecule has 0 bridgehead atoms. The van der Waals surface area contributed by atoms with Gasteiger partial charge in [0.15, 0.2) is 0 Å². The molecule has 3 rings (SSSR count). The van der Waals surface area contributed by atoms with Crippen LogP contribution in [-0.4, -0.2) is 16.8 Å². The van der Waals surface area contributed by atoms with Crippen molar-refractivity contribution in [1.29, 1.82) is 0 Å². The van der Waals surface area contributed by atoms with Crippen LogP contribution in [0.4, 0.5) is 11.4 Å². The molecule has 1 aliphatic heterocycles. The number of nitrogens with one attached hydrogen (secondary N) is 1. The zero-order valence-electron chi connectivity index (χ0n) is 12.3. The highest BCUT2D eigenvalue weighted by Gasteiger charge is 2.23. The Hall–Kier alpha value is -1.88. The van der Waals surface area contributed by atoms with Crippen molar-refractivity contribution in [2.24, 2.45) is 0 Å². The summed E-state index contributed by atoms with van der Waals surface area (Å²) in [5.41, 5.74) is 4.43. The lowest BCUT2D eigenvalue weighted by molar-refractivity contribution is -0.118. The lowest BCUT2D eigenvalue weighted by Gasteiger charge is -2.17. The molecule has 1 aromatic carbocycles. The summed E-state index contributed by atoms with van der Waals surface area (Å²) in [5.74, 6) is 0.198. The summed E-state index contributed by atoms with van der Waals surface area (Å²) >= 11 is 1.53. The van der Waals surface area contributed by atoms with Crippen LogP contribution < -0.4 is 10.2 Å². The number of hydrogen-bond acceptors (Lipinski definition) is 4. The fraction of sp³-hybridized carbons (Fsp3) is 0.375. The standard InChI is InChI=1S/C16H19N3OS/c1-3-16(20)19-7-6-12-4-5-13(9-15(12)19)17-10-14-8-11(2)18-21-14/h4-5,8-9,17H,3,6-7,10H2,1-2H3. The number of nitrogens with zero attached hydrogens (tertiary/aromatic N) is 2. The first kappa shape index (κ1) is 14.1. The van der Waals surface area contributed by atoms with Crippen molar-refractivity contribution in [1.82, 2.24) is 4.37 Å². The van der Waals surface area contributed by atoms with Crippen molar-refractivity contribution in [3.8, 4) is 0 Å². The maximum Gasteiger partial charge on any atom is 0.226 e. The van der Waals surface area contributed by atoms with Gasteiger partial charge in [0.05, 0.1) is 12.2 Å². The third kappa shape index (κ3) is 2.93. The predicted molar refractivity (Wildman–Crippen MR) is 87.0 cm³/mol. The van der Waals surface area contributed by atoms with Gasteiger partial charge in [-0.1, -0.05) is 13.0 Å². The van der Waals surface area contributed by atoms with Crippen LogP contribution in [0.1, 0.15) is 29.5 Å². The molecule has 110 valence electrons. The largest absolute Gasteiger partial charge is 0.380 e. The fourth-order valence-electron chi connectivity index (χ4n) is 2.63. The van der Waals surface area contributed by atoms with Crippen molar-refractivity contribution in [2.75, 3.05) is 16.8 Å². The maximum atomic E-state index is 12.0. The maximum absolute atomic E-state index is 12.0. The molecule has 4 nitrogen and oxygen atoms in total. The normalized spacial score (nSPS) is 13.3. The van der Waals surface area contributed by atoms with E-state index in [-0.39, 0.29) is 5.91 Å². The molecule has 2 aromatic rings. The van der Waals surface area contributed by atoms with Gasteiger partial charge in [0.25, 0.3) is 0 Å². The summed E-state index contributed by atoms with van der Waals surface area (Å²) in [6, 6.07) is 8.40. The highest BCUT2D eigenvalue weighted by atomic mass is 32.1. The number of carbonyl (C=O) groups is 1. The molecule has 1 amide bonds. The fourth-order valence-corrected chi connectivity index (χ4v) is 3.30. The molecule has 0 saturated carbocycles. The Kier molecular flexibility index (Phi) is 3.92. The Morgan fingerprint density at radius 3 is 3.00 bits per heavy atom. The lowest BCUT2D eigenvalue weighted by Crippen LogP contribution is -2.27. The zero-order chi connectivity index (χ0) is 14.8. The topological polar surface area (TPSA) is 45.2 Å². The summed E-state index contributed by atoms with van der Waals surface area (Å²) in [4.78, 5) is 15.1. The van der Waals surface area contributed by atoms with Gasteiger partial charge in [-0.25, -0.2) is 0 Å². The third-order valence-electron chi connectivity index (χ3n) is 3.73. The molecule has 1 aromatic heterocycles. The average molecular weight is 301 g/mol. The van der Waals surface area contributed by atoms with Crippen LogP contribution in [0.2, 0.25) is 0 Å². The van der Waals surface area contributed by atoms with Gasteiger partial charge in [0, 0.05) is 29.2 Å². The minimum absolute atomic E-state index is 0.198. The summed E-state index contributed by atoms with van der Waals surface area (Å²) in [7, 11) is 0. The van der Waals surface area contributed by atoms with Gasteiger partial charge < -0.3 is 10.2 Å². The Morgan fingerprint density at radius 1 is 1.43 bits per heavy atom. The molecule has 21 heavy (non-hydrogen) atoms. The molecule has 0 aliphatic carbocycles. The molecule has 1 aliphatic rings. The van der Waals surface area contributed by atoms with Gasteiger partial charge in [-0.3, -0.25) is 4.79 Å². The van der Waals surface area contributed by atoms with E-state index in [1.807, 2.05) is 18.7 Å². The third-order valence-corrected chi connectivity index (χ3v) is 4.60. The Balaban J connectivity index is 1.74. The number of hydrogen-bond donors (Lipinski definition) is 1. The molecule has 2 heterocycles. The molecule has 0 saturated heterocycles. The summed E-state index contributed by atoms with van der Waals surface area (Å²) in [6.07, 6.45) is 1.51. The van der Waals surface area contributed by atoms with Gasteiger partial charge in [-0.15, -0.1) is 0 Å². The molecule has 0 radical (unpaired) electrons. The minimum Gasteiger partial charge on any atom is -0.380 e. The van der Waals surface area contributed by atoms with E-state index >= 15 is 0 Å². The van der Waals surface area contributed by atoms with Crippen LogP contribution in [-0.2, 0) is 17.8 Å². The van der Waals surface area contributed by atoms with E-state index in [4.69, 9.17) is 0 Å². The number of aryl methyl sites for hydroxylation is 1. The van der Waals surface area contributed by atoms with Gasteiger partial charge in [0.2, 0.25) is 5.91 Å². The summed E-state index contributed by atoms with van der Waals surface area (Å²) in [6.45, 7) is 5.49. The molecule has 0 fully saturated rings. The molecular weight excluding hydrogens is 282 g/mol. The first-order valence-electron chi connectivity index (χ1n) is 7.26. The van der Waals surface area contributed by atoms with Crippen LogP contribution >= 0.6 is 11.5 Å². The van der Waals surface area contributed by atoms with Gasteiger partial charge in [0.1, 0.15) is 0 Å². The van der Waals surface area contributed by atoms with E-state index < -0.39 is 0 Å². The second-order valence-electron chi connectivity index (χ2n) is 5.28. The van der Waals surface area contributed by atoms with E-state index in [1.165, 1.54) is 22.0 Å². The smallest absolute Gasteiger partial charge is 0.226 e. The average Bonchev–Trinajstić information content (AvgIpc) is 3.10. The minimum atomic E-state index is 0.198. The van der Waals surface area contributed by atoms with Gasteiger partial charge in [-0.05, 0) is 48.6 Å². The van der Waals surface area contributed by atoms with Gasteiger partial charge >= 0.3 is 0 Å². The predicted octanol–water partition coefficient (Wildman–Crippen LogP) is 3.36. The molecular formula is C16H19N3OS. The quantitative estimate of drug-likeness (QED) is 0.942. The first-order chi connectivity index (χ1) is 10.2. The van der Waals surface area contributed by atoms with E-state index in [1.54, 1.807) is 0 Å². The molecule has 0 spiro atoms. The Labute approximate surface area is 129 Å². The molecule has 0 atom stereocenters. The summed E-state index contributed by atoms with van der Waals surface area (Å²) < 4.78 is 4.28. The van der Waals surface area contributed by atoms with Gasteiger partial charge in [-0.2, -0.15) is 4.37 Å². The molecule has 1 N–H and O–H groups in total. The van der Waals surface area contributed by atoms with Crippen LogP contribution in [0.3, 0.4) is 0 Å². The van der Waals surface area contributed by atoms with Crippen LogP contribution in [0, 0.1) is 6.92 Å². The second-order valence-corrected chi connectivity index (χ2v) is 6.17. The number of aromatic nitrogens is 1. The van der Waals surface area contributed by atoms with Crippen LogP contribution in [0.5, 0.6) is 0 Å². The zero-order valence-corrected chi connectivity index (χ0v) is 13.2. The van der Waals surface area contributed by atoms with Crippen molar-refractivity contribution < 1.29 is 4.79 Å². The van der Waals surface area contributed by atoms with Crippen molar-refractivity contribution in [3.05, 3.63) is 40.4 Å². The highest BCUT2D eigenvalue weighted by Crippen LogP contribution is 2.31. The first-order valence-corrected chi connectivity index (χ1v) is 8.04. The van der Waals surface area contributed by atoms with E-state index in [0.717, 1.165) is 36.6 Å². The van der Waals surface area contributed by atoms with Crippen molar-refractivity contribution in [2.45, 2.75) is 33.2 Å². The lowest BCUT2D eigenvalue weighted by atomic mass is 10.1. The number of carbonyl (C=O) groups excluding carboxylic acids is 1. The van der Waals surface area contributed by atoms with Crippen molar-refractivity contribution >= 4 is 28.8 Å². The Bertz CT molecular complexity index is 665.